The van der Waals surface area contributed by atoms with E-state index in [1.165, 1.54) is 6.42 Å². The lowest BCUT2D eigenvalue weighted by Crippen LogP contribution is -2.61. The highest BCUT2D eigenvalue weighted by molar-refractivity contribution is 7.17. The van der Waals surface area contributed by atoms with Crippen LogP contribution in [0.15, 0.2) is 41.8 Å². The predicted molar refractivity (Wildman–Crippen MR) is 122 cm³/mol. The Morgan fingerprint density at radius 2 is 2.03 bits per heavy atom. The summed E-state index contributed by atoms with van der Waals surface area (Å²) in [6, 6.07) is 8.29. The summed E-state index contributed by atoms with van der Waals surface area (Å²) in [5.74, 6) is 1.07. The number of hydrogen-bond donors (Lipinski definition) is 2. The fourth-order valence-corrected chi connectivity index (χ4v) is 6.52. The molecule has 2 aromatic rings. The van der Waals surface area contributed by atoms with Crippen molar-refractivity contribution in [3.63, 3.8) is 0 Å². The summed E-state index contributed by atoms with van der Waals surface area (Å²) in [6.07, 6.45) is 9.29. The zero-order valence-electron chi connectivity index (χ0n) is 17.8. The maximum Gasteiger partial charge on any atom is 0.303 e. The topological polar surface area (TPSA) is 66.4 Å². The number of carboxylic acids is 1. The summed E-state index contributed by atoms with van der Waals surface area (Å²) in [5.41, 5.74) is 1.13. The maximum atomic E-state index is 13.1. The van der Waals surface area contributed by atoms with Crippen molar-refractivity contribution in [3.8, 4) is 0 Å². The number of fused-ring (bicyclic) bond motifs is 3. The first-order chi connectivity index (χ1) is 14.4. The van der Waals surface area contributed by atoms with Crippen LogP contribution in [0.1, 0.15) is 62.7 Å². The second kappa shape index (κ2) is 8.54. The smallest absolute Gasteiger partial charge is 0.303 e. The molecule has 4 atom stereocenters. The first kappa shape index (κ1) is 21.1. The van der Waals surface area contributed by atoms with Crippen LogP contribution in [0, 0.1) is 23.2 Å². The zero-order chi connectivity index (χ0) is 21.3. The van der Waals surface area contributed by atoms with E-state index in [0.717, 1.165) is 34.9 Å². The SMILES string of the molecule is CC1(C)[C@@H]2C[C@H](NC(=O)c3csc4ccccc34)[C@H](CC=CCCCC(=O)O)[C@H]1C2. The maximum absolute atomic E-state index is 13.1. The number of carboxylic acid groups (broad SMARTS) is 1. The van der Waals surface area contributed by atoms with Gasteiger partial charge in [0.2, 0.25) is 0 Å². The molecule has 1 heterocycles. The minimum atomic E-state index is -0.735. The van der Waals surface area contributed by atoms with Crippen LogP contribution in [0.2, 0.25) is 0 Å². The fraction of sp³-hybridized carbons (Fsp3) is 0.520. The number of aliphatic carboxylic acids is 1. The first-order valence-electron chi connectivity index (χ1n) is 11.0. The molecule has 160 valence electrons. The molecular weight excluding hydrogens is 394 g/mol. The van der Waals surface area contributed by atoms with Crippen molar-refractivity contribution in [2.24, 2.45) is 23.2 Å². The molecule has 3 aliphatic rings. The van der Waals surface area contributed by atoms with Crippen molar-refractivity contribution in [2.75, 3.05) is 0 Å². The van der Waals surface area contributed by atoms with Gasteiger partial charge in [-0.3, -0.25) is 9.59 Å². The van der Waals surface area contributed by atoms with Gasteiger partial charge in [0.25, 0.3) is 5.91 Å². The highest BCUT2D eigenvalue weighted by Gasteiger charge is 2.57. The fourth-order valence-electron chi connectivity index (χ4n) is 5.58. The van der Waals surface area contributed by atoms with E-state index < -0.39 is 5.97 Å². The molecule has 0 aliphatic heterocycles. The molecule has 30 heavy (non-hydrogen) atoms. The van der Waals surface area contributed by atoms with Crippen molar-refractivity contribution in [1.82, 2.24) is 5.32 Å². The van der Waals surface area contributed by atoms with Crippen LogP contribution in [0.4, 0.5) is 0 Å². The number of thiophene rings is 1. The Kier molecular flexibility index (Phi) is 6.01. The van der Waals surface area contributed by atoms with Gasteiger partial charge in [-0.1, -0.05) is 44.2 Å². The second-order valence-electron chi connectivity index (χ2n) is 9.48. The minimum absolute atomic E-state index is 0.0481. The Morgan fingerprint density at radius 1 is 1.23 bits per heavy atom. The van der Waals surface area contributed by atoms with Gasteiger partial charge in [0.1, 0.15) is 0 Å². The Labute approximate surface area is 182 Å². The number of hydrogen-bond acceptors (Lipinski definition) is 3. The Balaban J connectivity index is 1.43. The third-order valence-corrected chi connectivity index (χ3v) is 8.46. The lowest BCUT2D eigenvalue weighted by atomic mass is 9.44. The summed E-state index contributed by atoms with van der Waals surface area (Å²) < 4.78 is 1.15. The summed E-state index contributed by atoms with van der Waals surface area (Å²) in [6.45, 7) is 4.75. The Hall–Kier alpha value is -2.14. The number of benzene rings is 1. The van der Waals surface area contributed by atoms with Crippen molar-refractivity contribution in [1.29, 1.82) is 0 Å². The molecule has 3 aliphatic carbocycles. The van der Waals surface area contributed by atoms with Crippen molar-refractivity contribution in [2.45, 2.75) is 58.4 Å². The standard InChI is InChI=1S/C25H31NO3S/c1-25(2)16-13-20(25)18(10-5-3-4-6-12-23(27)28)21(14-16)26-24(29)19-15-30-22-11-8-7-9-17(19)22/h3,5,7-9,11,15-16,18,20-21H,4,6,10,12-14H2,1-2H3,(H,26,29)(H,27,28)/t16-,18+,20+,21-/m0/s1. The second-order valence-corrected chi connectivity index (χ2v) is 10.4. The van der Waals surface area contributed by atoms with Crippen LogP contribution in [-0.2, 0) is 4.79 Å². The van der Waals surface area contributed by atoms with E-state index >= 15 is 0 Å². The van der Waals surface area contributed by atoms with E-state index in [1.54, 1.807) is 11.3 Å². The van der Waals surface area contributed by atoms with Crippen molar-refractivity contribution in [3.05, 3.63) is 47.4 Å². The molecule has 0 spiro atoms. The van der Waals surface area contributed by atoms with Crippen LogP contribution >= 0.6 is 11.3 Å². The molecule has 1 aromatic heterocycles. The summed E-state index contributed by atoms with van der Waals surface area (Å²) in [5, 5.41) is 15.2. The molecule has 2 bridgehead atoms. The third-order valence-electron chi connectivity index (χ3n) is 7.50. The minimum Gasteiger partial charge on any atom is -0.481 e. The molecule has 4 nitrogen and oxygen atoms in total. The number of nitrogens with one attached hydrogen (secondary N) is 1. The van der Waals surface area contributed by atoms with Gasteiger partial charge in [-0.15, -0.1) is 11.3 Å². The van der Waals surface area contributed by atoms with E-state index in [4.69, 9.17) is 5.11 Å². The molecule has 0 saturated heterocycles. The van der Waals surface area contributed by atoms with Crippen LogP contribution in [0.5, 0.6) is 0 Å². The Morgan fingerprint density at radius 3 is 2.80 bits per heavy atom. The largest absolute Gasteiger partial charge is 0.481 e. The van der Waals surface area contributed by atoms with Crippen molar-refractivity contribution < 1.29 is 14.7 Å². The number of allylic oxidation sites excluding steroid dienone is 2. The van der Waals surface area contributed by atoms with Crippen LogP contribution in [-0.4, -0.2) is 23.0 Å². The summed E-state index contributed by atoms with van der Waals surface area (Å²) in [4.78, 5) is 23.8. The average molecular weight is 426 g/mol. The number of amides is 1. The van der Waals surface area contributed by atoms with E-state index in [1.807, 2.05) is 23.6 Å². The average Bonchev–Trinajstić information content (AvgIpc) is 3.15. The van der Waals surface area contributed by atoms with Gasteiger partial charge in [0.05, 0.1) is 5.56 Å². The summed E-state index contributed by atoms with van der Waals surface area (Å²) >= 11 is 1.62. The molecule has 5 rings (SSSR count). The van der Waals surface area contributed by atoms with Gasteiger partial charge in [0.15, 0.2) is 0 Å². The van der Waals surface area contributed by atoms with Crippen molar-refractivity contribution >= 4 is 33.3 Å². The molecule has 1 amide bonds. The van der Waals surface area contributed by atoms with E-state index in [-0.39, 0.29) is 18.4 Å². The highest BCUT2D eigenvalue weighted by atomic mass is 32.1. The lowest BCUT2D eigenvalue weighted by Gasteiger charge is -2.62. The lowest BCUT2D eigenvalue weighted by molar-refractivity contribution is -0.137. The molecule has 1 aromatic carbocycles. The number of unbranched alkanes of at least 4 members (excludes halogenated alkanes) is 1. The van der Waals surface area contributed by atoms with Crippen LogP contribution in [0.25, 0.3) is 10.1 Å². The van der Waals surface area contributed by atoms with Crippen LogP contribution in [0.3, 0.4) is 0 Å². The zero-order valence-corrected chi connectivity index (χ0v) is 18.6. The van der Waals surface area contributed by atoms with Gasteiger partial charge in [-0.25, -0.2) is 0 Å². The highest BCUT2D eigenvalue weighted by Crippen LogP contribution is 2.62. The van der Waals surface area contributed by atoms with Crippen LogP contribution < -0.4 is 5.32 Å². The molecule has 3 fully saturated rings. The third kappa shape index (κ3) is 4.04. The predicted octanol–water partition coefficient (Wildman–Crippen LogP) is 5.88. The molecule has 0 unspecified atom stereocenters. The molecular formula is C25H31NO3S. The molecule has 0 radical (unpaired) electrons. The van der Waals surface area contributed by atoms with Gasteiger partial charge >= 0.3 is 5.97 Å². The summed E-state index contributed by atoms with van der Waals surface area (Å²) in [7, 11) is 0. The van der Waals surface area contributed by atoms with E-state index in [9.17, 15) is 9.59 Å². The van der Waals surface area contributed by atoms with Gasteiger partial charge in [-0.2, -0.15) is 0 Å². The van der Waals surface area contributed by atoms with E-state index in [0.29, 0.717) is 29.6 Å². The number of carbonyl (C=O) groups excluding carboxylic acids is 1. The molecule has 5 heteroatoms. The quantitative estimate of drug-likeness (QED) is 0.410. The normalized spacial score (nSPS) is 27.1. The number of carbonyl (C=O) groups is 2. The molecule has 2 N–H and O–H groups in total. The monoisotopic (exact) mass is 425 g/mol. The van der Waals surface area contributed by atoms with Gasteiger partial charge in [-0.05, 0) is 61.3 Å². The van der Waals surface area contributed by atoms with Gasteiger partial charge < -0.3 is 10.4 Å². The molecule has 3 saturated carbocycles. The number of rotatable bonds is 8. The first-order valence-corrected chi connectivity index (χ1v) is 11.9. The van der Waals surface area contributed by atoms with Gasteiger partial charge in [0, 0.05) is 27.9 Å². The van der Waals surface area contributed by atoms with E-state index in [2.05, 4.69) is 37.4 Å². The Bertz CT molecular complexity index is 960.